The number of hydrogen-bond donors (Lipinski definition) is 1. The molecule has 0 bridgehead atoms. The molecule has 0 atom stereocenters. The van der Waals surface area contributed by atoms with Crippen molar-refractivity contribution in [3.63, 3.8) is 0 Å². The number of hydrogen-bond acceptors (Lipinski definition) is 2. The van der Waals surface area contributed by atoms with E-state index < -0.39 is 0 Å². The molecule has 0 aromatic heterocycles. The summed E-state index contributed by atoms with van der Waals surface area (Å²) >= 11 is 0. The molecule has 0 heterocycles. The van der Waals surface area contributed by atoms with Gasteiger partial charge in [-0.3, -0.25) is 0 Å². The van der Waals surface area contributed by atoms with Crippen molar-refractivity contribution >= 4 is 5.69 Å². The van der Waals surface area contributed by atoms with Gasteiger partial charge in [-0.1, -0.05) is 24.1 Å². The predicted molar refractivity (Wildman–Crippen MR) is 66.3 cm³/mol. The third-order valence-corrected chi connectivity index (χ3v) is 3.55. The normalized spacial score (nSPS) is 17.3. The summed E-state index contributed by atoms with van der Waals surface area (Å²) in [7, 11) is 0. The van der Waals surface area contributed by atoms with E-state index in [0.717, 1.165) is 25.1 Å². The Balaban J connectivity index is 2.02. The summed E-state index contributed by atoms with van der Waals surface area (Å²) < 4.78 is 0. The van der Waals surface area contributed by atoms with Crippen LogP contribution in [0.2, 0.25) is 0 Å². The number of nitriles is 1. The molecule has 1 fully saturated rings. The Morgan fingerprint density at radius 1 is 1.38 bits per heavy atom. The maximum atomic E-state index is 9.14. The first-order chi connectivity index (χ1) is 7.65. The van der Waals surface area contributed by atoms with E-state index in [9.17, 15) is 0 Å². The molecule has 1 saturated carbocycles. The van der Waals surface area contributed by atoms with Crippen LogP contribution in [0.25, 0.3) is 0 Å². The lowest BCUT2D eigenvalue weighted by atomic mass is 9.70. The predicted octanol–water partition coefficient (Wildman–Crippen LogP) is 3.41. The van der Waals surface area contributed by atoms with Crippen molar-refractivity contribution in [3.05, 3.63) is 29.3 Å². The highest BCUT2D eigenvalue weighted by atomic mass is 14.9. The summed E-state index contributed by atoms with van der Waals surface area (Å²) in [5, 5.41) is 12.5. The number of rotatable bonds is 3. The zero-order valence-electron chi connectivity index (χ0n) is 10.0. The second-order valence-corrected chi connectivity index (χ2v) is 4.92. The Bertz CT molecular complexity index is 425. The minimum Gasteiger partial charge on any atom is -0.383 e. The maximum Gasteiger partial charge on any atom is 0.0746 e. The van der Waals surface area contributed by atoms with E-state index in [1.807, 2.05) is 0 Å². The van der Waals surface area contributed by atoms with Crippen LogP contribution in [0.4, 0.5) is 5.69 Å². The summed E-state index contributed by atoms with van der Waals surface area (Å²) in [6.07, 6.45) is 3.28. The van der Waals surface area contributed by atoms with Gasteiger partial charge in [-0.15, -0.1) is 0 Å². The summed E-state index contributed by atoms with van der Waals surface area (Å²) in [6.45, 7) is 4.99. The maximum absolute atomic E-state index is 9.14. The highest BCUT2D eigenvalue weighted by Crippen LogP contribution is 2.40. The molecule has 1 aromatic rings. The van der Waals surface area contributed by atoms with E-state index >= 15 is 0 Å². The largest absolute Gasteiger partial charge is 0.383 e. The van der Waals surface area contributed by atoms with Crippen LogP contribution in [0.3, 0.4) is 0 Å². The van der Waals surface area contributed by atoms with Gasteiger partial charge < -0.3 is 5.32 Å². The third kappa shape index (κ3) is 2.04. The van der Waals surface area contributed by atoms with E-state index in [0.29, 0.717) is 0 Å². The molecule has 1 N–H and O–H groups in total. The summed E-state index contributed by atoms with van der Waals surface area (Å²) in [5.41, 5.74) is 3.60. The van der Waals surface area contributed by atoms with E-state index in [4.69, 9.17) is 5.26 Å². The molecule has 0 saturated heterocycles. The van der Waals surface area contributed by atoms with E-state index in [1.165, 1.54) is 17.5 Å². The van der Waals surface area contributed by atoms with Crippen molar-refractivity contribution in [1.29, 1.82) is 5.26 Å². The lowest BCUT2D eigenvalue weighted by Gasteiger charge is -2.35. The molecule has 2 nitrogen and oxygen atoms in total. The summed E-state index contributed by atoms with van der Waals surface area (Å²) in [4.78, 5) is 0. The monoisotopic (exact) mass is 214 g/mol. The Hall–Kier alpha value is -1.49. The molecule has 2 rings (SSSR count). The molecular weight excluding hydrogens is 196 g/mol. The fourth-order valence-corrected chi connectivity index (χ4v) is 2.21. The van der Waals surface area contributed by atoms with E-state index in [1.54, 1.807) is 0 Å². The van der Waals surface area contributed by atoms with Gasteiger partial charge >= 0.3 is 0 Å². The molecule has 16 heavy (non-hydrogen) atoms. The Kier molecular flexibility index (Phi) is 2.87. The second kappa shape index (κ2) is 4.17. The molecule has 0 amide bonds. The smallest absolute Gasteiger partial charge is 0.0746 e. The average molecular weight is 214 g/mol. The molecule has 0 aliphatic heterocycles. The van der Waals surface area contributed by atoms with Crippen LogP contribution < -0.4 is 5.32 Å². The third-order valence-electron chi connectivity index (χ3n) is 3.55. The van der Waals surface area contributed by atoms with Crippen LogP contribution in [0.1, 0.15) is 30.4 Å². The van der Waals surface area contributed by atoms with Crippen molar-refractivity contribution in [3.8, 4) is 6.07 Å². The standard InChI is InChI=1S/C14H18N2/c1-11-4-5-13(12(2)8-11)16-10-14(9-15)6-3-7-14/h4-5,8,16H,3,6-7,10H2,1-2H3. The molecule has 1 aromatic carbocycles. The van der Waals surface area contributed by atoms with Gasteiger partial charge in [-0.25, -0.2) is 0 Å². The van der Waals surface area contributed by atoms with Crippen LogP contribution in [-0.4, -0.2) is 6.54 Å². The highest BCUT2D eigenvalue weighted by Gasteiger charge is 2.36. The van der Waals surface area contributed by atoms with Crippen molar-refractivity contribution in [2.24, 2.45) is 5.41 Å². The molecule has 1 aliphatic carbocycles. The van der Waals surface area contributed by atoms with Gasteiger partial charge in [-0.2, -0.15) is 5.26 Å². The lowest BCUT2D eigenvalue weighted by Crippen LogP contribution is -2.35. The SMILES string of the molecule is Cc1ccc(NCC2(C#N)CCC2)c(C)c1. The van der Waals surface area contributed by atoms with Crippen LogP contribution in [0.5, 0.6) is 0 Å². The molecule has 1 aliphatic rings. The number of anilines is 1. The fourth-order valence-electron chi connectivity index (χ4n) is 2.21. The minimum atomic E-state index is -0.0999. The van der Waals surface area contributed by atoms with Crippen molar-refractivity contribution in [2.75, 3.05) is 11.9 Å². The number of nitrogens with zero attached hydrogens (tertiary/aromatic N) is 1. The summed E-state index contributed by atoms with van der Waals surface area (Å²) in [5.74, 6) is 0. The molecule has 84 valence electrons. The molecule has 0 radical (unpaired) electrons. The van der Waals surface area contributed by atoms with Crippen LogP contribution in [0.15, 0.2) is 18.2 Å². The van der Waals surface area contributed by atoms with Crippen molar-refractivity contribution in [1.82, 2.24) is 0 Å². The first kappa shape index (κ1) is 11.0. The van der Waals surface area contributed by atoms with Gasteiger partial charge in [0, 0.05) is 12.2 Å². The lowest BCUT2D eigenvalue weighted by molar-refractivity contribution is 0.233. The molecule has 0 spiro atoms. The first-order valence-electron chi connectivity index (χ1n) is 5.88. The van der Waals surface area contributed by atoms with Gasteiger partial charge in [0.1, 0.15) is 0 Å². The van der Waals surface area contributed by atoms with Gasteiger partial charge in [0.25, 0.3) is 0 Å². The van der Waals surface area contributed by atoms with E-state index in [2.05, 4.69) is 43.4 Å². The zero-order valence-corrected chi connectivity index (χ0v) is 10.0. The molecular formula is C14H18N2. The fraction of sp³-hybridized carbons (Fsp3) is 0.500. The highest BCUT2D eigenvalue weighted by molar-refractivity contribution is 5.52. The molecule has 0 unspecified atom stereocenters. The Morgan fingerprint density at radius 3 is 2.62 bits per heavy atom. The Morgan fingerprint density at radius 2 is 2.12 bits per heavy atom. The summed E-state index contributed by atoms with van der Waals surface area (Å²) in [6, 6.07) is 8.83. The Labute approximate surface area is 97.3 Å². The van der Waals surface area contributed by atoms with Crippen LogP contribution >= 0.6 is 0 Å². The van der Waals surface area contributed by atoms with Crippen molar-refractivity contribution in [2.45, 2.75) is 33.1 Å². The number of aryl methyl sites for hydroxylation is 2. The average Bonchev–Trinajstić information content (AvgIpc) is 2.19. The van der Waals surface area contributed by atoms with Crippen LogP contribution in [-0.2, 0) is 0 Å². The van der Waals surface area contributed by atoms with Gasteiger partial charge in [0.05, 0.1) is 11.5 Å². The quantitative estimate of drug-likeness (QED) is 0.837. The van der Waals surface area contributed by atoms with Crippen LogP contribution in [0, 0.1) is 30.6 Å². The first-order valence-corrected chi connectivity index (χ1v) is 5.88. The number of benzene rings is 1. The second-order valence-electron chi connectivity index (χ2n) is 4.92. The van der Waals surface area contributed by atoms with E-state index in [-0.39, 0.29) is 5.41 Å². The van der Waals surface area contributed by atoms with Crippen molar-refractivity contribution < 1.29 is 0 Å². The minimum absolute atomic E-state index is 0.0999. The topological polar surface area (TPSA) is 35.8 Å². The number of nitrogens with one attached hydrogen (secondary N) is 1. The van der Waals surface area contributed by atoms with Gasteiger partial charge in [0.15, 0.2) is 0 Å². The van der Waals surface area contributed by atoms with Gasteiger partial charge in [0.2, 0.25) is 0 Å². The zero-order chi connectivity index (χ0) is 11.6. The van der Waals surface area contributed by atoms with Gasteiger partial charge in [-0.05, 0) is 38.3 Å². The molecule has 2 heteroatoms.